The molecule has 0 amide bonds. The Kier molecular flexibility index (Phi) is 6.23. The lowest BCUT2D eigenvalue weighted by Gasteiger charge is -2.02. The second-order valence-corrected chi connectivity index (χ2v) is 7.23. The van der Waals surface area contributed by atoms with Crippen LogP contribution in [0.5, 0.6) is 0 Å². The summed E-state index contributed by atoms with van der Waals surface area (Å²) in [5.74, 6) is -0.740. The standard InChI is InChI=1S/C19H16ClFN2O4S/c1-10-14-17(24)22-16(13(20)9-11-3-5-12(21)6-4-11)23-18(14)28-15(10)19(25)27-8-7-26-2/h3-6,9H,7-8H2,1-2H3,(H,22,23,24)/b13-9-. The van der Waals surface area contributed by atoms with E-state index < -0.39 is 11.5 Å². The Labute approximate surface area is 168 Å². The molecule has 0 aliphatic heterocycles. The van der Waals surface area contributed by atoms with E-state index in [4.69, 9.17) is 21.1 Å². The van der Waals surface area contributed by atoms with E-state index in [1.807, 2.05) is 0 Å². The third-order valence-corrected chi connectivity index (χ3v) is 5.35. The maximum absolute atomic E-state index is 13.0. The van der Waals surface area contributed by atoms with Crippen LogP contribution in [0.3, 0.4) is 0 Å². The van der Waals surface area contributed by atoms with Gasteiger partial charge in [0.15, 0.2) is 5.82 Å². The Bertz CT molecular complexity index is 1110. The molecule has 146 valence electrons. The number of aromatic amines is 1. The molecule has 0 radical (unpaired) electrons. The number of ether oxygens (including phenoxy) is 2. The van der Waals surface area contributed by atoms with E-state index in [1.54, 1.807) is 25.1 Å². The number of benzene rings is 1. The molecule has 0 unspecified atom stereocenters. The molecule has 2 aromatic heterocycles. The van der Waals surface area contributed by atoms with Gasteiger partial charge in [0.2, 0.25) is 0 Å². The van der Waals surface area contributed by atoms with Gasteiger partial charge in [-0.1, -0.05) is 23.7 Å². The van der Waals surface area contributed by atoms with E-state index in [0.29, 0.717) is 26.2 Å². The molecule has 0 atom stereocenters. The van der Waals surface area contributed by atoms with Gasteiger partial charge in [-0.15, -0.1) is 11.3 Å². The Morgan fingerprint density at radius 3 is 2.71 bits per heavy atom. The van der Waals surface area contributed by atoms with Crippen molar-refractivity contribution in [1.29, 1.82) is 0 Å². The van der Waals surface area contributed by atoms with Crippen LogP contribution in [-0.2, 0) is 9.47 Å². The van der Waals surface area contributed by atoms with Gasteiger partial charge in [0, 0.05) is 7.11 Å². The Balaban J connectivity index is 1.97. The number of fused-ring (bicyclic) bond motifs is 1. The number of carbonyl (C=O) groups is 1. The summed E-state index contributed by atoms with van der Waals surface area (Å²) in [6.45, 7) is 2.06. The first-order valence-electron chi connectivity index (χ1n) is 8.23. The number of hydrogen-bond donors (Lipinski definition) is 1. The zero-order valence-corrected chi connectivity index (χ0v) is 16.6. The summed E-state index contributed by atoms with van der Waals surface area (Å²) in [4.78, 5) is 32.4. The van der Waals surface area contributed by atoms with Gasteiger partial charge in [0.1, 0.15) is 22.1 Å². The van der Waals surface area contributed by atoms with Crippen LogP contribution in [-0.4, -0.2) is 36.3 Å². The second-order valence-electron chi connectivity index (χ2n) is 5.82. The summed E-state index contributed by atoms with van der Waals surface area (Å²) in [6, 6.07) is 5.72. The number of esters is 1. The fourth-order valence-corrected chi connectivity index (χ4v) is 3.80. The third-order valence-electron chi connectivity index (χ3n) is 3.90. The number of H-pyrrole nitrogens is 1. The molecule has 2 heterocycles. The Hall–Kier alpha value is -2.55. The van der Waals surface area contributed by atoms with Crippen molar-refractivity contribution in [1.82, 2.24) is 9.97 Å². The van der Waals surface area contributed by atoms with Crippen LogP contribution in [0.2, 0.25) is 0 Å². The van der Waals surface area contributed by atoms with E-state index in [9.17, 15) is 14.0 Å². The number of hydrogen-bond acceptors (Lipinski definition) is 6. The fraction of sp³-hybridized carbons (Fsp3) is 0.211. The van der Waals surface area contributed by atoms with Crippen molar-refractivity contribution in [2.75, 3.05) is 20.3 Å². The van der Waals surface area contributed by atoms with Gasteiger partial charge in [-0.3, -0.25) is 4.79 Å². The first-order valence-corrected chi connectivity index (χ1v) is 9.42. The molecule has 0 saturated heterocycles. The lowest BCUT2D eigenvalue weighted by molar-refractivity contribution is 0.0393. The molecule has 6 nitrogen and oxygen atoms in total. The van der Waals surface area contributed by atoms with E-state index in [2.05, 4.69) is 9.97 Å². The van der Waals surface area contributed by atoms with Crippen molar-refractivity contribution in [2.45, 2.75) is 6.92 Å². The van der Waals surface area contributed by atoms with Gasteiger partial charge >= 0.3 is 5.97 Å². The summed E-state index contributed by atoms with van der Waals surface area (Å²) < 4.78 is 23.0. The predicted molar refractivity (Wildman–Crippen MR) is 107 cm³/mol. The molecular weight excluding hydrogens is 407 g/mol. The van der Waals surface area contributed by atoms with Crippen molar-refractivity contribution in [3.8, 4) is 0 Å². The highest BCUT2D eigenvalue weighted by atomic mass is 35.5. The number of nitrogens with one attached hydrogen (secondary N) is 1. The van der Waals surface area contributed by atoms with Gasteiger partial charge in [-0.25, -0.2) is 14.2 Å². The summed E-state index contributed by atoms with van der Waals surface area (Å²) >= 11 is 7.34. The lowest BCUT2D eigenvalue weighted by atomic mass is 10.2. The van der Waals surface area contributed by atoms with Gasteiger partial charge in [-0.05, 0) is 36.3 Å². The minimum Gasteiger partial charge on any atom is -0.459 e. The van der Waals surface area contributed by atoms with Crippen LogP contribution in [0.1, 0.15) is 26.6 Å². The molecule has 0 aliphatic carbocycles. The molecule has 3 rings (SSSR count). The maximum atomic E-state index is 13.0. The Morgan fingerprint density at radius 1 is 1.32 bits per heavy atom. The molecule has 0 spiro atoms. The summed E-state index contributed by atoms with van der Waals surface area (Å²) in [5.41, 5.74) is 0.746. The monoisotopic (exact) mass is 422 g/mol. The number of methoxy groups -OCH3 is 1. The van der Waals surface area contributed by atoms with Crippen LogP contribution in [0.15, 0.2) is 29.1 Å². The van der Waals surface area contributed by atoms with E-state index >= 15 is 0 Å². The van der Waals surface area contributed by atoms with Gasteiger partial charge in [0.05, 0.1) is 17.0 Å². The molecule has 1 aromatic carbocycles. The largest absolute Gasteiger partial charge is 0.459 e. The zero-order valence-electron chi connectivity index (χ0n) is 15.0. The van der Waals surface area contributed by atoms with Crippen LogP contribution >= 0.6 is 22.9 Å². The SMILES string of the molecule is COCCOC(=O)c1sc2nc(/C(Cl)=C/c3ccc(F)cc3)[nH]c(=O)c2c1C. The summed E-state index contributed by atoms with van der Waals surface area (Å²) in [7, 11) is 1.51. The number of nitrogens with zero attached hydrogens (tertiary/aromatic N) is 1. The smallest absolute Gasteiger partial charge is 0.348 e. The molecule has 9 heteroatoms. The number of rotatable bonds is 6. The highest BCUT2D eigenvalue weighted by molar-refractivity contribution is 7.20. The summed E-state index contributed by atoms with van der Waals surface area (Å²) in [5, 5.41) is 0.500. The van der Waals surface area contributed by atoms with E-state index in [0.717, 1.165) is 11.3 Å². The number of aromatic nitrogens is 2. The minimum atomic E-state index is -0.536. The summed E-state index contributed by atoms with van der Waals surface area (Å²) in [6.07, 6.45) is 1.56. The lowest BCUT2D eigenvalue weighted by Crippen LogP contribution is -2.11. The van der Waals surface area contributed by atoms with Crippen LogP contribution < -0.4 is 5.56 Å². The van der Waals surface area contributed by atoms with Crippen molar-refractivity contribution >= 4 is 50.2 Å². The van der Waals surface area contributed by atoms with Crippen molar-refractivity contribution in [3.05, 3.63) is 62.3 Å². The van der Waals surface area contributed by atoms with Crippen molar-refractivity contribution in [2.24, 2.45) is 0 Å². The molecule has 0 fully saturated rings. The Morgan fingerprint density at radius 2 is 2.04 bits per heavy atom. The van der Waals surface area contributed by atoms with Crippen LogP contribution in [0.4, 0.5) is 4.39 Å². The second kappa shape index (κ2) is 8.64. The number of thiophene rings is 1. The molecule has 28 heavy (non-hydrogen) atoms. The van der Waals surface area contributed by atoms with Crippen LogP contribution in [0, 0.1) is 12.7 Å². The van der Waals surface area contributed by atoms with Crippen molar-refractivity contribution in [3.63, 3.8) is 0 Å². The molecule has 0 aliphatic rings. The topological polar surface area (TPSA) is 81.3 Å². The van der Waals surface area contributed by atoms with Crippen LogP contribution in [0.25, 0.3) is 21.3 Å². The van der Waals surface area contributed by atoms with Gasteiger partial charge in [-0.2, -0.15) is 0 Å². The van der Waals surface area contributed by atoms with Gasteiger partial charge in [0.25, 0.3) is 5.56 Å². The minimum absolute atomic E-state index is 0.115. The molecule has 0 bridgehead atoms. The molecule has 3 aromatic rings. The first-order chi connectivity index (χ1) is 13.4. The number of halogens is 2. The van der Waals surface area contributed by atoms with E-state index in [1.165, 1.54) is 19.2 Å². The zero-order chi connectivity index (χ0) is 20.3. The highest BCUT2D eigenvalue weighted by Crippen LogP contribution is 2.29. The molecule has 0 saturated carbocycles. The number of aryl methyl sites for hydroxylation is 1. The third kappa shape index (κ3) is 4.30. The quantitative estimate of drug-likeness (QED) is 0.480. The highest BCUT2D eigenvalue weighted by Gasteiger charge is 2.21. The molecular formula is C19H16ClFN2O4S. The van der Waals surface area contributed by atoms with Crippen molar-refractivity contribution < 1.29 is 18.7 Å². The fourth-order valence-electron chi connectivity index (χ4n) is 2.51. The predicted octanol–water partition coefficient (Wildman–Crippen LogP) is 3.97. The number of carbonyl (C=O) groups excluding carboxylic acids is 1. The maximum Gasteiger partial charge on any atom is 0.348 e. The van der Waals surface area contributed by atoms with E-state index in [-0.39, 0.29) is 29.9 Å². The average molecular weight is 423 g/mol. The first kappa shape index (κ1) is 20.2. The van der Waals surface area contributed by atoms with Gasteiger partial charge < -0.3 is 14.5 Å². The molecule has 1 N–H and O–H groups in total. The average Bonchev–Trinajstić information content (AvgIpc) is 3.01. The normalized spacial score (nSPS) is 11.8.